The first-order chi connectivity index (χ1) is 12.7. The number of sulfonamides is 1. The van der Waals surface area contributed by atoms with Crippen molar-refractivity contribution >= 4 is 37.3 Å². The molecule has 2 atom stereocenters. The monoisotopic (exact) mass is 473 g/mol. The number of ether oxygens (including phenoxy) is 1. The van der Waals surface area contributed by atoms with E-state index in [9.17, 15) is 8.42 Å². The van der Waals surface area contributed by atoms with Crippen LogP contribution in [0.5, 0.6) is 5.75 Å². The molecule has 27 heavy (non-hydrogen) atoms. The molecule has 2 unspecified atom stereocenters. The Labute approximate surface area is 172 Å². The van der Waals surface area contributed by atoms with E-state index in [1.807, 2.05) is 29.6 Å². The van der Waals surface area contributed by atoms with Gasteiger partial charge < -0.3 is 10.5 Å². The van der Waals surface area contributed by atoms with Crippen LogP contribution in [-0.4, -0.2) is 37.1 Å². The Morgan fingerprint density at radius 3 is 2.52 bits per heavy atom. The van der Waals surface area contributed by atoms with E-state index in [0.29, 0.717) is 9.61 Å². The molecule has 6 nitrogen and oxygen atoms in total. The van der Waals surface area contributed by atoms with Crippen LogP contribution in [0.15, 0.2) is 34.2 Å². The predicted molar refractivity (Wildman–Crippen MR) is 111 cm³/mol. The number of halogens is 1. The van der Waals surface area contributed by atoms with Crippen molar-refractivity contribution in [3.8, 4) is 5.75 Å². The summed E-state index contributed by atoms with van der Waals surface area (Å²) in [5.74, 6) is 0.801. The van der Waals surface area contributed by atoms with E-state index < -0.39 is 20.8 Å². The standard InChI is InChI=1S/C18H24BrN3O3S2/c1-18(20,17-21-15(19)11-26-17)16(13-6-7-13)27(23,24)22(2)10-12-4-8-14(25-3)9-5-12/h4-5,8-9,11,13,16H,6-7,10,20H2,1-3H3. The molecule has 0 amide bonds. The highest BCUT2D eigenvalue weighted by atomic mass is 79.9. The third-order valence-electron chi connectivity index (χ3n) is 4.90. The summed E-state index contributed by atoms with van der Waals surface area (Å²) in [5, 5.41) is 1.76. The highest BCUT2D eigenvalue weighted by Gasteiger charge is 2.52. The summed E-state index contributed by atoms with van der Waals surface area (Å²) >= 11 is 4.72. The van der Waals surface area contributed by atoms with E-state index >= 15 is 0 Å². The maximum Gasteiger partial charge on any atom is 0.219 e. The van der Waals surface area contributed by atoms with Gasteiger partial charge in [-0.15, -0.1) is 11.3 Å². The number of methoxy groups -OCH3 is 1. The normalized spacial score (nSPS) is 18.3. The second kappa shape index (κ2) is 7.79. The lowest BCUT2D eigenvalue weighted by atomic mass is 9.96. The van der Waals surface area contributed by atoms with E-state index in [2.05, 4.69) is 20.9 Å². The number of thiazole rings is 1. The van der Waals surface area contributed by atoms with Crippen molar-refractivity contribution in [3.63, 3.8) is 0 Å². The zero-order chi connectivity index (χ0) is 19.8. The molecule has 3 rings (SSSR count). The molecule has 0 bridgehead atoms. The summed E-state index contributed by atoms with van der Waals surface area (Å²) < 4.78 is 34.1. The van der Waals surface area contributed by atoms with Gasteiger partial charge in [0.1, 0.15) is 20.6 Å². The molecule has 0 spiro atoms. The fourth-order valence-corrected chi connectivity index (χ4v) is 6.99. The summed E-state index contributed by atoms with van der Waals surface area (Å²) in [6.45, 7) is 2.06. The van der Waals surface area contributed by atoms with Crippen LogP contribution in [-0.2, 0) is 22.1 Å². The minimum atomic E-state index is -3.62. The summed E-state index contributed by atoms with van der Waals surface area (Å²) in [4.78, 5) is 4.40. The largest absolute Gasteiger partial charge is 0.497 e. The Kier molecular flexibility index (Phi) is 5.98. The van der Waals surface area contributed by atoms with Crippen LogP contribution >= 0.6 is 27.3 Å². The fourth-order valence-electron chi connectivity index (χ4n) is 3.34. The molecule has 0 radical (unpaired) electrons. The lowest BCUT2D eigenvalue weighted by Gasteiger charge is -2.35. The first-order valence-electron chi connectivity index (χ1n) is 8.64. The van der Waals surface area contributed by atoms with Crippen molar-refractivity contribution in [3.05, 3.63) is 44.8 Å². The number of hydrogen-bond donors (Lipinski definition) is 1. The minimum absolute atomic E-state index is 0.0611. The molecule has 1 fully saturated rings. The number of rotatable bonds is 8. The van der Waals surface area contributed by atoms with Crippen molar-refractivity contribution in [2.45, 2.75) is 37.1 Å². The van der Waals surface area contributed by atoms with Gasteiger partial charge >= 0.3 is 0 Å². The number of nitrogens with two attached hydrogens (primary N) is 1. The van der Waals surface area contributed by atoms with Crippen molar-refractivity contribution in [1.29, 1.82) is 0 Å². The number of nitrogens with zero attached hydrogens (tertiary/aromatic N) is 2. The van der Waals surface area contributed by atoms with Crippen molar-refractivity contribution in [2.75, 3.05) is 14.2 Å². The molecule has 1 aromatic heterocycles. The highest BCUT2D eigenvalue weighted by molar-refractivity contribution is 9.10. The Balaban J connectivity index is 1.87. The van der Waals surface area contributed by atoms with Gasteiger partial charge in [-0.25, -0.2) is 17.7 Å². The van der Waals surface area contributed by atoms with E-state index in [1.165, 1.54) is 15.6 Å². The Morgan fingerprint density at radius 1 is 1.41 bits per heavy atom. The Morgan fingerprint density at radius 2 is 2.04 bits per heavy atom. The van der Waals surface area contributed by atoms with Crippen LogP contribution in [0, 0.1) is 5.92 Å². The molecular formula is C18H24BrN3O3S2. The molecule has 148 valence electrons. The topological polar surface area (TPSA) is 85.5 Å². The van der Waals surface area contributed by atoms with Crippen LogP contribution in [0.4, 0.5) is 0 Å². The van der Waals surface area contributed by atoms with Gasteiger partial charge in [0, 0.05) is 19.0 Å². The molecule has 2 aromatic rings. The lowest BCUT2D eigenvalue weighted by Crippen LogP contribution is -2.54. The molecule has 0 aliphatic heterocycles. The maximum atomic E-state index is 13.5. The minimum Gasteiger partial charge on any atom is -0.497 e. The Hall–Kier alpha value is -1.00. The molecule has 0 saturated heterocycles. The van der Waals surface area contributed by atoms with Crippen molar-refractivity contribution in [2.24, 2.45) is 11.7 Å². The quantitative estimate of drug-likeness (QED) is 0.635. The zero-order valence-electron chi connectivity index (χ0n) is 15.6. The molecule has 1 saturated carbocycles. The van der Waals surface area contributed by atoms with Crippen LogP contribution < -0.4 is 10.5 Å². The third kappa shape index (κ3) is 4.37. The maximum absolute atomic E-state index is 13.5. The summed E-state index contributed by atoms with van der Waals surface area (Å²) in [6.07, 6.45) is 1.75. The van der Waals surface area contributed by atoms with Crippen molar-refractivity contribution < 1.29 is 13.2 Å². The predicted octanol–water partition coefficient (Wildman–Crippen LogP) is 3.33. The van der Waals surface area contributed by atoms with E-state index in [4.69, 9.17) is 10.5 Å². The highest BCUT2D eigenvalue weighted by Crippen LogP contribution is 2.45. The first-order valence-corrected chi connectivity index (χ1v) is 11.8. The molecular weight excluding hydrogens is 450 g/mol. The molecule has 1 heterocycles. The second-order valence-electron chi connectivity index (χ2n) is 7.17. The van der Waals surface area contributed by atoms with E-state index in [0.717, 1.165) is 24.2 Å². The molecule has 1 aliphatic carbocycles. The smallest absolute Gasteiger partial charge is 0.219 e. The van der Waals surface area contributed by atoms with Crippen LogP contribution in [0.25, 0.3) is 0 Å². The SMILES string of the molecule is COc1ccc(CN(C)S(=O)(=O)C(C2CC2)C(C)(N)c2nc(Br)cs2)cc1. The van der Waals surface area contributed by atoms with Gasteiger partial charge in [-0.05, 0) is 59.3 Å². The van der Waals surface area contributed by atoms with Crippen LogP contribution in [0.1, 0.15) is 30.3 Å². The summed E-state index contributed by atoms with van der Waals surface area (Å²) in [6, 6.07) is 7.40. The fraction of sp³-hybridized carbons (Fsp3) is 0.500. The van der Waals surface area contributed by atoms with Crippen LogP contribution in [0.3, 0.4) is 0 Å². The van der Waals surface area contributed by atoms with Gasteiger partial charge in [0.15, 0.2) is 0 Å². The number of hydrogen-bond acceptors (Lipinski definition) is 6. The Bertz CT molecular complexity index is 893. The van der Waals surface area contributed by atoms with Crippen LogP contribution in [0.2, 0.25) is 0 Å². The third-order valence-corrected chi connectivity index (χ3v) is 9.22. The van der Waals surface area contributed by atoms with E-state index in [-0.39, 0.29) is 12.5 Å². The van der Waals surface area contributed by atoms with E-state index in [1.54, 1.807) is 21.1 Å². The van der Waals surface area contributed by atoms with Gasteiger partial charge in [0.25, 0.3) is 0 Å². The van der Waals surface area contributed by atoms with Gasteiger partial charge in [-0.2, -0.15) is 0 Å². The molecule has 1 aliphatic rings. The van der Waals surface area contributed by atoms with Gasteiger partial charge in [-0.3, -0.25) is 0 Å². The zero-order valence-corrected chi connectivity index (χ0v) is 18.8. The molecule has 1 aromatic carbocycles. The van der Waals surface area contributed by atoms with Crippen molar-refractivity contribution in [1.82, 2.24) is 9.29 Å². The van der Waals surface area contributed by atoms with Gasteiger partial charge in [0.05, 0.1) is 12.6 Å². The summed E-state index contributed by atoms with van der Waals surface area (Å²) in [5.41, 5.74) is 6.44. The summed E-state index contributed by atoms with van der Waals surface area (Å²) in [7, 11) is -0.404. The van der Waals surface area contributed by atoms with Gasteiger partial charge in [0.2, 0.25) is 10.0 Å². The molecule has 9 heteroatoms. The first kappa shape index (κ1) is 20.7. The second-order valence-corrected chi connectivity index (χ2v) is 11.0. The van der Waals surface area contributed by atoms with Gasteiger partial charge in [-0.1, -0.05) is 12.1 Å². The average Bonchev–Trinajstić information content (AvgIpc) is 3.32. The molecule has 2 N–H and O–H groups in total. The average molecular weight is 474 g/mol. The number of aromatic nitrogens is 1. The number of benzene rings is 1. The lowest BCUT2D eigenvalue weighted by molar-refractivity contribution is 0.377.